The van der Waals surface area contributed by atoms with E-state index >= 15 is 0 Å². The van der Waals surface area contributed by atoms with E-state index in [1.807, 2.05) is 0 Å². The van der Waals surface area contributed by atoms with Crippen LogP contribution in [0.25, 0.3) is 11.1 Å². The van der Waals surface area contributed by atoms with Crippen molar-refractivity contribution in [2.45, 2.75) is 13.5 Å². The van der Waals surface area contributed by atoms with Crippen LogP contribution in [-0.2, 0) is 10.0 Å². The molecule has 0 aliphatic carbocycles. The number of halogens is 4. The van der Waals surface area contributed by atoms with Crippen molar-refractivity contribution in [3.8, 4) is 28.5 Å². The summed E-state index contributed by atoms with van der Waals surface area (Å²) in [6.07, 6.45) is 2.12. The maximum absolute atomic E-state index is 13.0. The fourth-order valence-electron chi connectivity index (χ4n) is 2.76. The minimum atomic E-state index is -3.85. The Bertz CT molecular complexity index is 1320. The summed E-state index contributed by atoms with van der Waals surface area (Å²) < 4.78 is 60.5. The zero-order chi connectivity index (χ0) is 24.3. The monoisotopic (exact) mass is 516 g/mol. The maximum Gasteiger partial charge on any atom is 0.387 e. The Labute approximate surface area is 198 Å². The molecule has 0 bridgehead atoms. The number of ether oxygens (including phenoxy) is 2. The highest BCUT2D eigenvalue weighted by atomic mass is 35.5. The molecule has 0 saturated carbocycles. The standard InChI is InChI=1S/C21H16Cl2F2N2O5S/c1-11-7-14(4-6-16(11)22)31-20-17(23)8-13(10-26-20)15-5-3-12(9-18(15)32-21(24)25)19(28)27-33(2,29)30/h3-10,21H,1-2H3,(H,27,28). The van der Waals surface area contributed by atoms with E-state index < -0.39 is 22.5 Å². The van der Waals surface area contributed by atoms with Crippen LogP contribution in [0.5, 0.6) is 17.4 Å². The first-order chi connectivity index (χ1) is 15.4. The van der Waals surface area contributed by atoms with Crippen LogP contribution < -0.4 is 14.2 Å². The average molecular weight is 517 g/mol. The van der Waals surface area contributed by atoms with Crippen LogP contribution in [0.15, 0.2) is 48.7 Å². The second-order valence-electron chi connectivity index (χ2n) is 6.82. The Balaban J connectivity index is 1.94. The third-order valence-corrected chi connectivity index (χ3v) is 5.45. The molecule has 0 aliphatic heterocycles. The Hall–Kier alpha value is -2.95. The molecule has 174 valence electrons. The van der Waals surface area contributed by atoms with Gasteiger partial charge in [0.1, 0.15) is 16.5 Å². The first-order valence-corrected chi connectivity index (χ1v) is 11.8. The highest BCUT2D eigenvalue weighted by molar-refractivity contribution is 7.89. The highest BCUT2D eigenvalue weighted by Gasteiger charge is 2.18. The number of alkyl halides is 2. The quantitative estimate of drug-likeness (QED) is 0.448. The summed E-state index contributed by atoms with van der Waals surface area (Å²) in [6, 6.07) is 9.98. The van der Waals surface area contributed by atoms with Gasteiger partial charge in [0.15, 0.2) is 0 Å². The molecule has 7 nitrogen and oxygen atoms in total. The van der Waals surface area contributed by atoms with Crippen molar-refractivity contribution in [3.63, 3.8) is 0 Å². The molecule has 2 aromatic carbocycles. The van der Waals surface area contributed by atoms with E-state index in [0.717, 1.165) is 17.9 Å². The van der Waals surface area contributed by atoms with Crippen molar-refractivity contribution in [1.82, 2.24) is 9.71 Å². The van der Waals surface area contributed by atoms with E-state index in [-0.39, 0.29) is 27.8 Å². The van der Waals surface area contributed by atoms with Gasteiger partial charge >= 0.3 is 6.61 Å². The van der Waals surface area contributed by atoms with Gasteiger partial charge in [0.2, 0.25) is 15.9 Å². The van der Waals surface area contributed by atoms with Crippen molar-refractivity contribution >= 4 is 39.1 Å². The molecule has 0 unspecified atom stereocenters. The summed E-state index contributed by atoms with van der Waals surface area (Å²) in [5.41, 5.74) is 1.03. The molecule has 1 amide bonds. The Morgan fingerprint density at radius 3 is 2.42 bits per heavy atom. The second-order valence-corrected chi connectivity index (χ2v) is 9.38. The van der Waals surface area contributed by atoms with Gasteiger partial charge < -0.3 is 9.47 Å². The number of hydrogen-bond acceptors (Lipinski definition) is 6. The number of aromatic nitrogens is 1. The number of amides is 1. The number of pyridine rings is 1. The van der Waals surface area contributed by atoms with E-state index in [9.17, 15) is 22.0 Å². The van der Waals surface area contributed by atoms with E-state index in [4.69, 9.17) is 27.9 Å². The third kappa shape index (κ3) is 6.53. The number of carbonyl (C=O) groups is 1. The number of sulfonamides is 1. The molecule has 0 radical (unpaired) electrons. The van der Waals surface area contributed by atoms with Gasteiger partial charge in [-0.25, -0.2) is 18.1 Å². The van der Waals surface area contributed by atoms with Crippen LogP contribution >= 0.6 is 23.2 Å². The molecule has 0 fully saturated rings. The molecule has 0 atom stereocenters. The van der Waals surface area contributed by atoms with Crippen LogP contribution in [0.3, 0.4) is 0 Å². The average Bonchev–Trinajstić information content (AvgIpc) is 2.70. The van der Waals surface area contributed by atoms with Crippen LogP contribution in [-0.4, -0.2) is 32.2 Å². The third-order valence-electron chi connectivity index (χ3n) is 4.20. The molecular weight excluding hydrogens is 501 g/mol. The van der Waals surface area contributed by atoms with Crippen molar-refractivity contribution < 1.29 is 31.5 Å². The van der Waals surface area contributed by atoms with E-state index in [1.54, 1.807) is 29.8 Å². The molecule has 1 N–H and O–H groups in total. The number of benzene rings is 2. The van der Waals surface area contributed by atoms with E-state index in [2.05, 4.69) is 9.72 Å². The van der Waals surface area contributed by atoms with Gasteiger partial charge in [-0.2, -0.15) is 8.78 Å². The fraction of sp³-hybridized carbons (Fsp3) is 0.143. The number of nitrogens with one attached hydrogen (secondary N) is 1. The van der Waals surface area contributed by atoms with Crippen LogP contribution in [0, 0.1) is 6.92 Å². The lowest BCUT2D eigenvalue weighted by atomic mass is 10.0. The molecule has 12 heteroatoms. The van der Waals surface area contributed by atoms with E-state index in [1.165, 1.54) is 24.4 Å². The predicted octanol–water partition coefficient (Wildman–Crippen LogP) is 5.45. The first kappa shape index (κ1) is 24.7. The molecule has 3 aromatic rings. The molecule has 3 rings (SSSR count). The van der Waals surface area contributed by atoms with Crippen LogP contribution in [0.1, 0.15) is 15.9 Å². The Morgan fingerprint density at radius 1 is 1.09 bits per heavy atom. The number of hydrogen-bond donors (Lipinski definition) is 1. The van der Waals surface area contributed by atoms with Gasteiger partial charge in [-0.15, -0.1) is 0 Å². The van der Waals surface area contributed by atoms with Crippen molar-refractivity contribution in [1.29, 1.82) is 0 Å². The smallest absolute Gasteiger partial charge is 0.387 e. The minimum absolute atomic E-state index is 0.0719. The molecule has 33 heavy (non-hydrogen) atoms. The van der Waals surface area contributed by atoms with Crippen LogP contribution in [0.4, 0.5) is 8.78 Å². The Kier molecular flexibility index (Phi) is 7.41. The molecule has 0 aliphatic rings. The lowest BCUT2D eigenvalue weighted by Gasteiger charge is -2.14. The van der Waals surface area contributed by atoms with Gasteiger partial charge in [0, 0.05) is 27.9 Å². The normalized spacial score (nSPS) is 11.4. The molecule has 1 aromatic heterocycles. The second kappa shape index (κ2) is 9.90. The van der Waals surface area contributed by atoms with Gasteiger partial charge in [-0.3, -0.25) is 4.79 Å². The first-order valence-electron chi connectivity index (χ1n) is 9.14. The van der Waals surface area contributed by atoms with Crippen LogP contribution in [0.2, 0.25) is 10.0 Å². The number of rotatable bonds is 7. The molecular formula is C21H16Cl2F2N2O5S. The van der Waals surface area contributed by atoms with Crippen molar-refractivity contribution in [3.05, 3.63) is 69.8 Å². The van der Waals surface area contributed by atoms with Gasteiger partial charge in [-0.1, -0.05) is 23.2 Å². The zero-order valence-electron chi connectivity index (χ0n) is 17.1. The van der Waals surface area contributed by atoms with Gasteiger partial charge in [0.05, 0.1) is 6.26 Å². The maximum atomic E-state index is 13.0. The Morgan fingerprint density at radius 2 is 1.82 bits per heavy atom. The van der Waals surface area contributed by atoms with Crippen molar-refractivity contribution in [2.75, 3.05) is 6.26 Å². The summed E-state index contributed by atoms with van der Waals surface area (Å²) in [6.45, 7) is -1.39. The summed E-state index contributed by atoms with van der Waals surface area (Å²) in [7, 11) is -3.85. The van der Waals surface area contributed by atoms with Gasteiger partial charge in [0.25, 0.3) is 5.91 Å². The van der Waals surface area contributed by atoms with Gasteiger partial charge in [-0.05, 0) is 55.0 Å². The molecule has 1 heterocycles. The summed E-state index contributed by atoms with van der Waals surface area (Å²) in [4.78, 5) is 16.2. The highest BCUT2D eigenvalue weighted by Crippen LogP contribution is 2.36. The fourth-order valence-corrected chi connectivity index (χ4v) is 3.54. The lowest BCUT2D eigenvalue weighted by Crippen LogP contribution is -2.29. The SMILES string of the molecule is Cc1cc(Oc2ncc(-c3ccc(C(=O)NS(C)(=O)=O)cc3OC(F)F)cc2Cl)ccc1Cl. The number of carbonyl (C=O) groups excluding carboxylic acids is 1. The predicted molar refractivity (Wildman–Crippen MR) is 120 cm³/mol. The lowest BCUT2D eigenvalue weighted by molar-refractivity contribution is -0.0495. The zero-order valence-corrected chi connectivity index (χ0v) is 19.4. The number of nitrogens with zero attached hydrogens (tertiary/aromatic N) is 1. The molecule has 0 saturated heterocycles. The largest absolute Gasteiger partial charge is 0.438 e. The van der Waals surface area contributed by atoms with E-state index in [0.29, 0.717) is 16.3 Å². The minimum Gasteiger partial charge on any atom is -0.438 e. The summed E-state index contributed by atoms with van der Waals surface area (Å²) >= 11 is 12.3. The topological polar surface area (TPSA) is 94.6 Å². The number of aryl methyl sites for hydroxylation is 1. The summed E-state index contributed by atoms with van der Waals surface area (Å²) in [5.74, 6) is -0.850. The molecule has 0 spiro atoms. The summed E-state index contributed by atoms with van der Waals surface area (Å²) in [5, 5.41) is 0.652. The van der Waals surface area contributed by atoms with Crippen molar-refractivity contribution in [2.24, 2.45) is 0 Å².